The number of halogens is 4. The fraction of sp³-hybridized carbons (Fsp3) is 0.392. The number of nitrogens with zero attached hydrogens (tertiary/aromatic N) is 3. The quantitative estimate of drug-likeness (QED) is 0.0806. The van der Waals surface area contributed by atoms with Gasteiger partial charge in [0.05, 0.1) is 22.8 Å². The fourth-order valence-corrected chi connectivity index (χ4v) is 11.1. The molecule has 70 heavy (non-hydrogen) atoms. The summed E-state index contributed by atoms with van der Waals surface area (Å²) < 4.78 is 113. The molecule has 3 fully saturated rings. The van der Waals surface area contributed by atoms with Crippen LogP contribution in [0, 0.1) is 5.92 Å². The van der Waals surface area contributed by atoms with Gasteiger partial charge >= 0.3 is 5.51 Å². The van der Waals surface area contributed by atoms with E-state index in [2.05, 4.69) is 32.1 Å². The van der Waals surface area contributed by atoms with Gasteiger partial charge in [-0.05, 0) is 147 Å². The van der Waals surface area contributed by atoms with Crippen molar-refractivity contribution in [3.63, 3.8) is 0 Å². The molecule has 0 radical (unpaired) electrons. The van der Waals surface area contributed by atoms with Crippen molar-refractivity contribution < 1.29 is 49.0 Å². The van der Waals surface area contributed by atoms with Gasteiger partial charge in [-0.25, -0.2) is 21.6 Å². The first-order valence-corrected chi connectivity index (χ1v) is 26.9. The lowest BCUT2D eigenvalue weighted by molar-refractivity contribution is -0.0435. The SMILES string of the molecule is O=C(NS(=O)(=O)c1ccc(NCC2CCOCC2)c(S(=O)(=O)C(F)(F)F)c1)c1ccccc1Oc1ccc(N2CCN(Cc3cc(OCCCN4CCCCC4)ccc3-c3ccc(Cl)cc3)CC2)cc1. The molecule has 374 valence electrons. The summed E-state index contributed by atoms with van der Waals surface area (Å²) in [5.41, 5.74) is -1.98. The summed E-state index contributed by atoms with van der Waals surface area (Å²) in [5, 5.41) is 3.43. The number of para-hydroxylation sites is 1. The second-order valence-electron chi connectivity index (χ2n) is 17.8. The van der Waals surface area contributed by atoms with E-state index in [0.717, 1.165) is 80.4 Å². The molecule has 0 saturated carbocycles. The Morgan fingerprint density at radius 2 is 1.47 bits per heavy atom. The van der Waals surface area contributed by atoms with Gasteiger partial charge in [-0.3, -0.25) is 9.69 Å². The van der Waals surface area contributed by atoms with Crippen molar-refractivity contribution in [1.82, 2.24) is 14.5 Å². The monoisotopic (exact) mass is 1020 g/mol. The molecular weight excluding hydrogens is 967 g/mol. The van der Waals surface area contributed by atoms with Crippen molar-refractivity contribution in [2.75, 3.05) is 82.4 Å². The molecule has 1 amide bonds. The third-order valence-corrected chi connectivity index (χ3v) is 16.0. The summed E-state index contributed by atoms with van der Waals surface area (Å²) in [6.07, 6.45) is 6.07. The Labute approximate surface area is 412 Å². The number of sulfone groups is 1. The number of carbonyl (C=O) groups is 1. The topological polar surface area (TPSA) is 147 Å². The predicted molar refractivity (Wildman–Crippen MR) is 264 cm³/mol. The van der Waals surface area contributed by atoms with E-state index in [1.807, 2.05) is 47.2 Å². The lowest BCUT2D eigenvalue weighted by Crippen LogP contribution is -2.46. The van der Waals surface area contributed by atoms with Gasteiger partial charge in [0.2, 0.25) is 0 Å². The van der Waals surface area contributed by atoms with E-state index in [1.54, 1.807) is 18.2 Å². The van der Waals surface area contributed by atoms with Gasteiger partial charge in [-0.1, -0.05) is 48.4 Å². The number of hydrogen-bond acceptors (Lipinski definition) is 12. The number of hydrogen-bond donors (Lipinski definition) is 2. The fourth-order valence-electron chi connectivity index (χ4n) is 8.97. The molecule has 3 saturated heterocycles. The Morgan fingerprint density at radius 1 is 0.771 bits per heavy atom. The van der Waals surface area contributed by atoms with Crippen LogP contribution >= 0.6 is 11.6 Å². The summed E-state index contributed by atoms with van der Waals surface area (Å²) in [6.45, 7) is 8.98. The second-order valence-corrected chi connectivity index (χ2v) is 21.8. The Balaban J connectivity index is 0.888. The second kappa shape index (κ2) is 22.8. The number of piperazine rings is 1. The molecule has 3 heterocycles. The van der Waals surface area contributed by atoms with E-state index >= 15 is 0 Å². The number of nitrogens with one attached hydrogen (secondary N) is 2. The Kier molecular flexibility index (Phi) is 16.6. The third-order valence-electron chi connectivity index (χ3n) is 12.9. The van der Waals surface area contributed by atoms with Crippen LogP contribution in [0.1, 0.15) is 54.4 Å². The van der Waals surface area contributed by atoms with Crippen molar-refractivity contribution in [3.8, 4) is 28.4 Å². The van der Waals surface area contributed by atoms with Crippen LogP contribution in [0.3, 0.4) is 0 Å². The number of carbonyl (C=O) groups excluding carboxylic acids is 1. The number of rotatable bonds is 18. The van der Waals surface area contributed by atoms with E-state index in [-0.39, 0.29) is 23.8 Å². The van der Waals surface area contributed by atoms with E-state index in [0.29, 0.717) is 49.5 Å². The molecular formula is C51H57ClF3N5O8S2. The molecule has 0 atom stereocenters. The van der Waals surface area contributed by atoms with Gasteiger partial charge < -0.3 is 29.3 Å². The molecule has 3 aliphatic heterocycles. The molecule has 0 bridgehead atoms. The van der Waals surface area contributed by atoms with Gasteiger partial charge in [0, 0.05) is 69.7 Å². The third kappa shape index (κ3) is 12.9. The first kappa shape index (κ1) is 51.0. The number of piperidine rings is 1. The summed E-state index contributed by atoms with van der Waals surface area (Å²) in [7, 11) is -10.9. The molecule has 19 heteroatoms. The molecule has 0 aromatic heterocycles. The number of amides is 1. The van der Waals surface area contributed by atoms with Crippen LogP contribution in [-0.2, 0) is 31.1 Å². The Hall–Kier alpha value is -5.37. The molecule has 0 unspecified atom stereocenters. The van der Waals surface area contributed by atoms with E-state index < -0.39 is 46.8 Å². The van der Waals surface area contributed by atoms with Crippen molar-refractivity contribution in [2.24, 2.45) is 5.92 Å². The lowest BCUT2D eigenvalue weighted by Gasteiger charge is -2.36. The maximum absolute atomic E-state index is 13.8. The highest BCUT2D eigenvalue weighted by molar-refractivity contribution is 7.92. The van der Waals surface area contributed by atoms with Crippen LogP contribution in [0.2, 0.25) is 5.02 Å². The smallest absolute Gasteiger partial charge is 0.494 e. The Bertz CT molecular complexity index is 2800. The number of sulfonamides is 1. The van der Waals surface area contributed by atoms with Gasteiger partial charge in [0.15, 0.2) is 0 Å². The number of alkyl halides is 3. The number of anilines is 2. The van der Waals surface area contributed by atoms with Gasteiger partial charge in [0.25, 0.3) is 25.8 Å². The molecule has 5 aromatic rings. The van der Waals surface area contributed by atoms with Gasteiger partial charge in [-0.2, -0.15) is 13.2 Å². The maximum Gasteiger partial charge on any atom is 0.501 e. The van der Waals surface area contributed by atoms with Gasteiger partial charge in [0.1, 0.15) is 22.1 Å². The van der Waals surface area contributed by atoms with Crippen molar-refractivity contribution in [2.45, 2.75) is 60.4 Å². The number of likely N-dealkylation sites (tertiary alicyclic amines) is 1. The largest absolute Gasteiger partial charge is 0.501 e. The van der Waals surface area contributed by atoms with Crippen molar-refractivity contribution in [3.05, 3.63) is 125 Å². The van der Waals surface area contributed by atoms with Crippen LogP contribution in [0.4, 0.5) is 24.5 Å². The van der Waals surface area contributed by atoms with Crippen LogP contribution < -0.4 is 24.4 Å². The molecule has 3 aliphatic rings. The highest BCUT2D eigenvalue weighted by Gasteiger charge is 2.48. The molecule has 5 aromatic carbocycles. The summed E-state index contributed by atoms with van der Waals surface area (Å²) >= 11 is 6.24. The standard InChI is InChI=1S/C51H57ClF3N5O8S2/c52-40-11-9-38(10-12-40)45-19-17-43(67-30-6-25-58-23-4-1-5-24-58)33-39(45)36-59-26-28-60(29-27-59)41-13-15-42(16-14-41)68-48-8-3-2-7-46(48)50(61)57-70(64,65)44-18-20-47(56-35-37-21-31-66-32-22-37)49(34-44)69(62,63)51(53,54)55/h2-3,7-20,33-34,37,56H,1,4-6,21-32,35-36H2,(H,57,61). The minimum Gasteiger partial charge on any atom is -0.494 e. The van der Waals surface area contributed by atoms with Crippen molar-refractivity contribution in [1.29, 1.82) is 0 Å². The van der Waals surface area contributed by atoms with E-state index in [9.17, 15) is 34.8 Å². The van der Waals surface area contributed by atoms with E-state index in [4.69, 9.17) is 25.8 Å². The molecule has 2 N–H and O–H groups in total. The van der Waals surface area contributed by atoms with Crippen LogP contribution in [0.25, 0.3) is 11.1 Å². The minimum absolute atomic E-state index is 0.00119. The molecule has 8 rings (SSSR count). The highest BCUT2D eigenvalue weighted by Crippen LogP contribution is 2.37. The van der Waals surface area contributed by atoms with Crippen LogP contribution in [0.15, 0.2) is 119 Å². The zero-order valence-electron chi connectivity index (χ0n) is 38.6. The highest BCUT2D eigenvalue weighted by atomic mass is 35.5. The lowest BCUT2D eigenvalue weighted by atomic mass is 9.98. The predicted octanol–water partition coefficient (Wildman–Crippen LogP) is 9.63. The summed E-state index contributed by atoms with van der Waals surface area (Å²) in [6, 6.07) is 29.7. The zero-order chi connectivity index (χ0) is 49.3. The summed E-state index contributed by atoms with van der Waals surface area (Å²) in [5.74, 6) is 0.0855. The first-order chi connectivity index (χ1) is 33.6. The zero-order valence-corrected chi connectivity index (χ0v) is 41.0. The maximum atomic E-state index is 13.8. The summed E-state index contributed by atoms with van der Waals surface area (Å²) in [4.78, 5) is 18.6. The molecule has 0 spiro atoms. The van der Waals surface area contributed by atoms with Crippen LogP contribution in [0.5, 0.6) is 17.2 Å². The van der Waals surface area contributed by atoms with Gasteiger partial charge in [-0.15, -0.1) is 0 Å². The van der Waals surface area contributed by atoms with Crippen molar-refractivity contribution >= 4 is 48.7 Å². The van der Waals surface area contributed by atoms with Crippen LogP contribution in [-0.4, -0.2) is 110 Å². The number of ether oxygens (including phenoxy) is 3. The minimum atomic E-state index is -6.01. The Morgan fingerprint density at radius 3 is 2.19 bits per heavy atom. The molecule has 13 nitrogen and oxygen atoms in total. The average Bonchev–Trinajstić information content (AvgIpc) is 3.36. The normalized spacial score (nSPS) is 16.7. The first-order valence-electron chi connectivity index (χ1n) is 23.6. The molecule has 0 aliphatic carbocycles. The average molecular weight is 1020 g/mol. The van der Waals surface area contributed by atoms with E-state index in [1.165, 1.54) is 56.1 Å². The number of benzene rings is 5.